The lowest BCUT2D eigenvalue weighted by molar-refractivity contribution is 0.258. The van der Waals surface area contributed by atoms with Gasteiger partial charge in [0, 0.05) is 38.8 Å². The van der Waals surface area contributed by atoms with Crippen molar-refractivity contribution in [2.24, 2.45) is 4.99 Å². The SMILES string of the molecule is CN=C(NCCCS(=O)(=O)c1ccccc1)NC1CC(C)N(Cc2ccccc2)C1.I. The zero-order chi connectivity index (χ0) is 21.4. The summed E-state index contributed by atoms with van der Waals surface area (Å²) in [6.45, 7) is 4.72. The highest BCUT2D eigenvalue weighted by molar-refractivity contribution is 14.0. The van der Waals surface area contributed by atoms with Crippen LogP contribution in [0.2, 0.25) is 0 Å². The number of nitrogens with zero attached hydrogens (tertiary/aromatic N) is 2. The number of rotatable bonds is 8. The molecule has 1 fully saturated rings. The van der Waals surface area contributed by atoms with Crippen LogP contribution in [0.4, 0.5) is 0 Å². The second kappa shape index (κ2) is 12.4. The van der Waals surface area contributed by atoms with Crippen molar-refractivity contribution < 1.29 is 8.42 Å². The van der Waals surface area contributed by atoms with Gasteiger partial charge in [0.15, 0.2) is 15.8 Å². The third-order valence-electron chi connectivity index (χ3n) is 5.48. The van der Waals surface area contributed by atoms with E-state index in [2.05, 4.69) is 51.7 Å². The molecule has 0 spiro atoms. The Morgan fingerprint density at radius 3 is 2.39 bits per heavy atom. The maximum atomic E-state index is 12.4. The highest BCUT2D eigenvalue weighted by Crippen LogP contribution is 2.20. The fourth-order valence-electron chi connectivity index (χ4n) is 3.84. The number of likely N-dealkylation sites (tertiary alicyclic amines) is 1. The van der Waals surface area contributed by atoms with Crippen molar-refractivity contribution in [3.63, 3.8) is 0 Å². The van der Waals surface area contributed by atoms with Gasteiger partial charge in [-0.25, -0.2) is 8.42 Å². The van der Waals surface area contributed by atoms with E-state index in [4.69, 9.17) is 0 Å². The van der Waals surface area contributed by atoms with Crippen LogP contribution in [0.15, 0.2) is 70.6 Å². The van der Waals surface area contributed by atoms with Crippen LogP contribution in [0.25, 0.3) is 0 Å². The number of halogens is 1. The highest BCUT2D eigenvalue weighted by atomic mass is 127. The van der Waals surface area contributed by atoms with Gasteiger partial charge in [-0.3, -0.25) is 9.89 Å². The standard InChI is InChI=1S/C23H32N4O2S.HI/c1-19-16-21(18-27(19)17-20-10-5-3-6-11-20)26-23(24-2)25-14-9-15-30(28,29)22-12-7-4-8-13-22;/h3-8,10-13,19,21H,9,14-18H2,1-2H3,(H2,24,25,26);1H. The van der Waals surface area contributed by atoms with Gasteiger partial charge in [-0.2, -0.15) is 0 Å². The van der Waals surface area contributed by atoms with Gasteiger partial charge in [0.1, 0.15) is 0 Å². The Labute approximate surface area is 203 Å². The maximum absolute atomic E-state index is 12.4. The van der Waals surface area contributed by atoms with Gasteiger partial charge in [0.05, 0.1) is 10.6 Å². The van der Waals surface area contributed by atoms with Gasteiger partial charge < -0.3 is 10.6 Å². The molecule has 170 valence electrons. The minimum atomic E-state index is -3.24. The first-order valence-corrected chi connectivity index (χ1v) is 12.2. The van der Waals surface area contributed by atoms with Gasteiger partial charge in [0.25, 0.3) is 0 Å². The van der Waals surface area contributed by atoms with Crippen LogP contribution >= 0.6 is 24.0 Å². The van der Waals surface area contributed by atoms with E-state index < -0.39 is 9.84 Å². The van der Waals surface area contributed by atoms with E-state index in [1.165, 1.54) is 5.56 Å². The quantitative estimate of drug-likeness (QED) is 0.226. The Morgan fingerprint density at radius 2 is 1.74 bits per heavy atom. The summed E-state index contributed by atoms with van der Waals surface area (Å²) in [6.07, 6.45) is 1.58. The molecule has 0 radical (unpaired) electrons. The number of aliphatic imine (C=N–C) groups is 1. The van der Waals surface area contributed by atoms with Gasteiger partial charge in [-0.15, -0.1) is 24.0 Å². The van der Waals surface area contributed by atoms with Crippen molar-refractivity contribution in [1.29, 1.82) is 0 Å². The Balaban J connectivity index is 0.00000341. The Morgan fingerprint density at radius 1 is 1.10 bits per heavy atom. The molecule has 0 amide bonds. The summed E-state index contributed by atoms with van der Waals surface area (Å²) in [5, 5.41) is 6.74. The summed E-state index contributed by atoms with van der Waals surface area (Å²) in [6, 6.07) is 20.0. The largest absolute Gasteiger partial charge is 0.356 e. The number of nitrogens with one attached hydrogen (secondary N) is 2. The Hall–Kier alpha value is -1.65. The normalized spacial score (nSPS) is 19.6. The smallest absolute Gasteiger partial charge is 0.191 e. The molecule has 0 bridgehead atoms. The molecule has 1 heterocycles. The maximum Gasteiger partial charge on any atom is 0.191 e. The highest BCUT2D eigenvalue weighted by Gasteiger charge is 2.29. The molecule has 1 saturated heterocycles. The van der Waals surface area contributed by atoms with Crippen LogP contribution in [0.5, 0.6) is 0 Å². The molecular weight excluding hydrogens is 523 g/mol. The van der Waals surface area contributed by atoms with Gasteiger partial charge >= 0.3 is 0 Å². The summed E-state index contributed by atoms with van der Waals surface area (Å²) < 4.78 is 24.7. The Kier molecular flexibility index (Phi) is 10.2. The number of hydrogen-bond acceptors (Lipinski definition) is 4. The van der Waals surface area contributed by atoms with E-state index in [1.807, 2.05) is 12.1 Å². The average Bonchev–Trinajstić information content (AvgIpc) is 3.10. The van der Waals surface area contributed by atoms with Crippen molar-refractivity contribution in [3.05, 3.63) is 66.2 Å². The van der Waals surface area contributed by atoms with Gasteiger partial charge in [0.2, 0.25) is 0 Å². The Bertz CT molecular complexity index is 923. The zero-order valence-electron chi connectivity index (χ0n) is 18.2. The molecule has 0 aromatic heterocycles. The van der Waals surface area contributed by atoms with Crippen molar-refractivity contribution in [2.75, 3.05) is 25.9 Å². The molecule has 0 aliphatic carbocycles. The number of guanidine groups is 1. The molecule has 3 rings (SSSR count). The lowest BCUT2D eigenvalue weighted by Gasteiger charge is -2.21. The van der Waals surface area contributed by atoms with Gasteiger partial charge in [-0.1, -0.05) is 48.5 Å². The number of sulfone groups is 1. The second-order valence-corrected chi connectivity index (χ2v) is 9.93. The molecule has 6 nitrogen and oxygen atoms in total. The second-order valence-electron chi connectivity index (χ2n) is 7.83. The predicted molar refractivity (Wildman–Crippen MR) is 138 cm³/mol. The molecular formula is C23H33IN4O2S. The summed E-state index contributed by atoms with van der Waals surface area (Å²) >= 11 is 0. The summed E-state index contributed by atoms with van der Waals surface area (Å²) in [4.78, 5) is 7.16. The summed E-state index contributed by atoms with van der Waals surface area (Å²) in [5.41, 5.74) is 1.33. The first kappa shape index (κ1) is 25.6. The minimum Gasteiger partial charge on any atom is -0.356 e. The molecule has 2 unspecified atom stereocenters. The molecule has 2 N–H and O–H groups in total. The van der Waals surface area contributed by atoms with Crippen LogP contribution in [-0.4, -0.2) is 57.3 Å². The van der Waals surface area contributed by atoms with Crippen LogP contribution in [-0.2, 0) is 16.4 Å². The third-order valence-corrected chi connectivity index (χ3v) is 7.30. The van der Waals surface area contributed by atoms with Crippen LogP contribution in [0.1, 0.15) is 25.3 Å². The third kappa shape index (κ3) is 7.76. The van der Waals surface area contributed by atoms with E-state index in [9.17, 15) is 8.42 Å². The lowest BCUT2D eigenvalue weighted by atomic mass is 10.2. The molecule has 1 aliphatic heterocycles. The summed E-state index contributed by atoms with van der Waals surface area (Å²) in [7, 11) is -1.49. The minimum absolute atomic E-state index is 0. The molecule has 0 saturated carbocycles. The van der Waals surface area contributed by atoms with Crippen LogP contribution in [0.3, 0.4) is 0 Å². The fourth-order valence-corrected chi connectivity index (χ4v) is 5.18. The van der Waals surface area contributed by atoms with Crippen LogP contribution < -0.4 is 10.6 Å². The van der Waals surface area contributed by atoms with E-state index in [1.54, 1.807) is 31.3 Å². The van der Waals surface area contributed by atoms with Crippen molar-refractivity contribution in [2.45, 2.75) is 43.3 Å². The topological polar surface area (TPSA) is 73.8 Å². The molecule has 31 heavy (non-hydrogen) atoms. The molecule has 2 aromatic carbocycles. The van der Waals surface area contributed by atoms with E-state index in [0.29, 0.717) is 29.9 Å². The van der Waals surface area contributed by atoms with Crippen LogP contribution in [0, 0.1) is 0 Å². The summed E-state index contributed by atoms with van der Waals surface area (Å²) in [5.74, 6) is 0.845. The number of benzene rings is 2. The predicted octanol–water partition coefficient (Wildman–Crippen LogP) is 3.30. The average molecular weight is 557 g/mol. The first-order chi connectivity index (χ1) is 14.5. The molecule has 2 aromatic rings. The fraction of sp³-hybridized carbons (Fsp3) is 0.435. The lowest BCUT2D eigenvalue weighted by Crippen LogP contribution is -2.45. The van der Waals surface area contributed by atoms with E-state index in [0.717, 1.165) is 25.5 Å². The van der Waals surface area contributed by atoms with Gasteiger partial charge in [-0.05, 0) is 37.5 Å². The van der Waals surface area contributed by atoms with E-state index in [-0.39, 0.29) is 29.7 Å². The number of hydrogen-bond donors (Lipinski definition) is 2. The monoisotopic (exact) mass is 556 g/mol. The van der Waals surface area contributed by atoms with Crippen molar-refractivity contribution in [1.82, 2.24) is 15.5 Å². The molecule has 8 heteroatoms. The molecule has 2 atom stereocenters. The zero-order valence-corrected chi connectivity index (χ0v) is 21.3. The first-order valence-electron chi connectivity index (χ1n) is 10.5. The molecule has 1 aliphatic rings. The van der Waals surface area contributed by atoms with Crippen molar-refractivity contribution in [3.8, 4) is 0 Å². The van der Waals surface area contributed by atoms with E-state index >= 15 is 0 Å². The van der Waals surface area contributed by atoms with Crippen molar-refractivity contribution >= 4 is 39.8 Å².